The van der Waals surface area contributed by atoms with Crippen LogP contribution in [0.25, 0.3) is 0 Å². The second-order valence-electron chi connectivity index (χ2n) is 4.69. The van der Waals surface area contributed by atoms with E-state index in [0.717, 1.165) is 5.56 Å². The Kier molecular flexibility index (Phi) is 5.97. The number of carbonyl (C=O) groups is 2. The molecule has 5 nitrogen and oxygen atoms in total. The summed E-state index contributed by atoms with van der Waals surface area (Å²) in [6.45, 7) is 2.93. The van der Waals surface area contributed by atoms with E-state index < -0.39 is 11.9 Å². The Morgan fingerprint density at radius 1 is 1.00 bits per heavy atom. The molecular formula is C17H15IO5. The summed E-state index contributed by atoms with van der Waals surface area (Å²) in [6, 6.07) is 12.7. The summed E-state index contributed by atoms with van der Waals surface area (Å²) in [5, 5.41) is 0. The Balaban J connectivity index is 2.28. The zero-order valence-electron chi connectivity index (χ0n) is 12.7. The number of benzene rings is 2. The molecule has 0 heterocycles. The Morgan fingerprint density at radius 3 is 2.26 bits per heavy atom. The van der Waals surface area contributed by atoms with Crippen molar-refractivity contribution < 1.29 is 23.8 Å². The number of esters is 2. The van der Waals surface area contributed by atoms with Crippen molar-refractivity contribution in [3.8, 4) is 17.2 Å². The predicted octanol–water partition coefficient (Wildman–Crippen LogP) is 3.72. The van der Waals surface area contributed by atoms with Gasteiger partial charge in [0.2, 0.25) is 0 Å². The highest BCUT2D eigenvalue weighted by Gasteiger charge is 2.16. The zero-order valence-corrected chi connectivity index (χ0v) is 14.8. The van der Waals surface area contributed by atoms with Crippen LogP contribution < -0.4 is 14.2 Å². The SMILES string of the molecule is CC(=O)Oc1cc(I)c(OCc2ccccc2)c(OC(C)=O)c1. The lowest BCUT2D eigenvalue weighted by molar-refractivity contribution is -0.132. The lowest BCUT2D eigenvalue weighted by atomic mass is 10.2. The first-order chi connectivity index (χ1) is 11.0. The molecule has 6 heteroatoms. The van der Waals surface area contributed by atoms with Crippen molar-refractivity contribution in [1.82, 2.24) is 0 Å². The Hall–Kier alpha value is -2.09. The molecule has 2 rings (SSSR count). The lowest BCUT2D eigenvalue weighted by Gasteiger charge is -2.14. The number of halogens is 1. The standard InChI is InChI=1S/C17H15IO5/c1-11(19)22-14-8-15(18)17(16(9-14)23-12(2)20)21-10-13-6-4-3-5-7-13/h3-9H,10H2,1-2H3. The van der Waals surface area contributed by atoms with E-state index in [1.54, 1.807) is 6.07 Å². The third-order valence-corrected chi connectivity index (χ3v) is 3.53. The molecule has 0 atom stereocenters. The van der Waals surface area contributed by atoms with E-state index in [1.807, 2.05) is 52.9 Å². The molecule has 0 fully saturated rings. The number of carbonyl (C=O) groups excluding carboxylic acids is 2. The summed E-state index contributed by atoms with van der Waals surface area (Å²) < 4.78 is 16.7. The molecule has 0 saturated heterocycles. The highest BCUT2D eigenvalue weighted by atomic mass is 127. The number of hydrogen-bond donors (Lipinski definition) is 0. The fourth-order valence-corrected chi connectivity index (χ4v) is 2.60. The van der Waals surface area contributed by atoms with Gasteiger partial charge in [0.25, 0.3) is 0 Å². The van der Waals surface area contributed by atoms with Crippen LogP contribution in [-0.2, 0) is 16.2 Å². The average molecular weight is 426 g/mol. The summed E-state index contributed by atoms with van der Waals surface area (Å²) in [5.74, 6) is 0.0141. The topological polar surface area (TPSA) is 61.8 Å². The minimum Gasteiger partial charge on any atom is -0.484 e. The van der Waals surface area contributed by atoms with Crippen LogP contribution in [0.3, 0.4) is 0 Å². The largest absolute Gasteiger partial charge is 0.484 e. The molecule has 0 aliphatic heterocycles. The molecular weight excluding hydrogens is 411 g/mol. The van der Waals surface area contributed by atoms with Gasteiger partial charge >= 0.3 is 11.9 Å². The first-order valence-electron chi connectivity index (χ1n) is 6.83. The van der Waals surface area contributed by atoms with Gasteiger partial charge in [-0.15, -0.1) is 0 Å². The molecule has 0 N–H and O–H groups in total. The maximum atomic E-state index is 11.3. The molecule has 0 saturated carbocycles. The molecule has 2 aromatic rings. The van der Waals surface area contributed by atoms with Crippen molar-refractivity contribution in [2.45, 2.75) is 20.5 Å². The molecule has 0 unspecified atom stereocenters. The van der Waals surface area contributed by atoms with Crippen LogP contribution in [0.2, 0.25) is 0 Å². The Labute approximate surface area is 147 Å². The van der Waals surface area contributed by atoms with Gasteiger partial charge in [0.05, 0.1) is 3.57 Å². The van der Waals surface area contributed by atoms with Crippen molar-refractivity contribution >= 4 is 34.5 Å². The maximum Gasteiger partial charge on any atom is 0.308 e. The second-order valence-corrected chi connectivity index (χ2v) is 5.86. The highest BCUT2D eigenvalue weighted by molar-refractivity contribution is 14.1. The lowest BCUT2D eigenvalue weighted by Crippen LogP contribution is -2.07. The molecule has 0 aliphatic rings. The first kappa shape index (κ1) is 17.3. The highest BCUT2D eigenvalue weighted by Crippen LogP contribution is 2.37. The number of hydrogen-bond acceptors (Lipinski definition) is 5. The quantitative estimate of drug-likeness (QED) is 0.415. The average Bonchev–Trinajstić information content (AvgIpc) is 2.46. The van der Waals surface area contributed by atoms with Gasteiger partial charge in [0.1, 0.15) is 12.4 Å². The van der Waals surface area contributed by atoms with Crippen molar-refractivity contribution in [3.63, 3.8) is 0 Å². The Bertz CT molecular complexity index is 712. The second kappa shape index (κ2) is 7.96. The zero-order chi connectivity index (χ0) is 16.8. The minimum absolute atomic E-state index is 0.219. The van der Waals surface area contributed by atoms with Crippen LogP contribution in [0.5, 0.6) is 17.2 Å². The van der Waals surface area contributed by atoms with E-state index >= 15 is 0 Å². The van der Waals surface area contributed by atoms with Crippen molar-refractivity contribution in [3.05, 3.63) is 51.6 Å². The third-order valence-electron chi connectivity index (χ3n) is 2.72. The van der Waals surface area contributed by atoms with Crippen LogP contribution in [0, 0.1) is 3.57 Å². The summed E-state index contributed by atoms with van der Waals surface area (Å²) >= 11 is 2.04. The van der Waals surface area contributed by atoms with Gasteiger partial charge in [-0.3, -0.25) is 9.59 Å². The first-order valence-corrected chi connectivity index (χ1v) is 7.90. The van der Waals surface area contributed by atoms with Crippen LogP contribution in [0.15, 0.2) is 42.5 Å². The molecule has 0 aliphatic carbocycles. The van der Waals surface area contributed by atoms with E-state index in [4.69, 9.17) is 14.2 Å². The van der Waals surface area contributed by atoms with Gasteiger partial charge < -0.3 is 14.2 Å². The van der Waals surface area contributed by atoms with E-state index in [2.05, 4.69) is 0 Å². The number of rotatable bonds is 5. The predicted molar refractivity (Wildman–Crippen MR) is 92.6 cm³/mol. The van der Waals surface area contributed by atoms with Gasteiger partial charge in [-0.1, -0.05) is 30.3 Å². The summed E-state index contributed by atoms with van der Waals surface area (Å²) in [4.78, 5) is 22.4. The monoisotopic (exact) mass is 426 g/mol. The third kappa shape index (κ3) is 5.24. The molecule has 0 radical (unpaired) electrons. The minimum atomic E-state index is -0.481. The van der Waals surface area contributed by atoms with Gasteiger partial charge in [-0.25, -0.2) is 0 Å². The van der Waals surface area contributed by atoms with E-state index in [1.165, 1.54) is 19.9 Å². The van der Waals surface area contributed by atoms with E-state index in [-0.39, 0.29) is 5.75 Å². The van der Waals surface area contributed by atoms with E-state index in [0.29, 0.717) is 21.7 Å². The van der Waals surface area contributed by atoms with Crippen LogP contribution in [0.4, 0.5) is 0 Å². The van der Waals surface area contributed by atoms with Gasteiger partial charge in [0, 0.05) is 19.9 Å². The smallest absolute Gasteiger partial charge is 0.308 e. The van der Waals surface area contributed by atoms with Crippen molar-refractivity contribution in [2.75, 3.05) is 0 Å². The van der Waals surface area contributed by atoms with Crippen LogP contribution >= 0.6 is 22.6 Å². The molecule has 0 spiro atoms. The van der Waals surface area contributed by atoms with Gasteiger partial charge in [-0.05, 0) is 34.2 Å². The summed E-state index contributed by atoms with van der Waals surface area (Å²) in [7, 11) is 0. The molecule has 2 aromatic carbocycles. The van der Waals surface area contributed by atoms with Crippen molar-refractivity contribution in [1.29, 1.82) is 0 Å². The van der Waals surface area contributed by atoms with E-state index in [9.17, 15) is 9.59 Å². The van der Waals surface area contributed by atoms with Crippen molar-refractivity contribution in [2.24, 2.45) is 0 Å². The molecule has 0 aromatic heterocycles. The molecule has 120 valence electrons. The molecule has 23 heavy (non-hydrogen) atoms. The molecule has 0 amide bonds. The van der Waals surface area contributed by atoms with Gasteiger partial charge in [-0.2, -0.15) is 0 Å². The van der Waals surface area contributed by atoms with Crippen LogP contribution in [-0.4, -0.2) is 11.9 Å². The molecule has 0 bridgehead atoms. The fraction of sp³-hybridized carbons (Fsp3) is 0.176. The maximum absolute atomic E-state index is 11.3. The summed E-state index contributed by atoms with van der Waals surface area (Å²) in [5.41, 5.74) is 0.987. The number of ether oxygens (including phenoxy) is 3. The fourth-order valence-electron chi connectivity index (χ4n) is 1.87. The normalized spacial score (nSPS) is 10.0. The van der Waals surface area contributed by atoms with Gasteiger partial charge in [0.15, 0.2) is 11.5 Å². The van der Waals surface area contributed by atoms with Crippen LogP contribution in [0.1, 0.15) is 19.4 Å². The Morgan fingerprint density at radius 2 is 1.65 bits per heavy atom. The summed E-state index contributed by atoms with van der Waals surface area (Å²) in [6.07, 6.45) is 0.